The second kappa shape index (κ2) is 7.65. The molecule has 0 saturated heterocycles. The van der Waals surface area contributed by atoms with E-state index in [0.717, 1.165) is 16.7 Å². The Bertz CT molecular complexity index is 839. The first kappa shape index (κ1) is 18.7. The number of hydrogen-bond acceptors (Lipinski definition) is 6. The fraction of sp³-hybridized carbons (Fsp3) is 0.350. The van der Waals surface area contributed by atoms with Crippen LogP contribution in [0.4, 0.5) is 0 Å². The Labute approximate surface area is 158 Å². The number of nitrogens with one attached hydrogen (secondary N) is 1. The number of benzene rings is 2. The summed E-state index contributed by atoms with van der Waals surface area (Å²) in [6.45, 7) is 0. The minimum absolute atomic E-state index is 0.0755. The molecular weight excluding hydrogens is 350 g/mol. The van der Waals surface area contributed by atoms with Crippen molar-refractivity contribution in [1.82, 2.24) is 5.32 Å². The normalized spacial score (nSPS) is 15.4. The number of carbonyl (C=O) groups excluding carboxylic acids is 1. The van der Waals surface area contributed by atoms with E-state index in [1.807, 2.05) is 24.3 Å². The van der Waals surface area contributed by atoms with E-state index in [9.17, 15) is 4.79 Å². The van der Waals surface area contributed by atoms with Crippen molar-refractivity contribution in [2.75, 3.05) is 35.5 Å². The molecule has 144 valence electrons. The van der Waals surface area contributed by atoms with Crippen molar-refractivity contribution in [3.8, 4) is 28.7 Å². The van der Waals surface area contributed by atoms with Crippen LogP contribution in [0.15, 0.2) is 24.3 Å². The zero-order valence-electron chi connectivity index (χ0n) is 16.0. The highest BCUT2D eigenvalue weighted by Gasteiger charge is 2.29. The van der Waals surface area contributed by atoms with Gasteiger partial charge < -0.3 is 29.0 Å². The Morgan fingerprint density at radius 3 is 1.85 bits per heavy atom. The van der Waals surface area contributed by atoms with Crippen LogP contribution in [0.25, 0.3) is 0 Å². The van der Waals surface area contributed by atoms with Gasteiger partial charge in [-0.1, -0.05) is 0 Å². The molecule has 1 atom stereocenters. The lowest BCUT2D eigenvalue weighted by Crippen LogP contribution is -2.36. The van der Waals surface area contributed by atoms with Gasteiger partial charge in [-0.05, 0) is 41.0 Å². The van der Waals surface area contributed by atoms with E-state index in [4.69, 9.17) is 23.7 Å². The first-order valence-corrected chi connectivity index (χ1v) is 8.40. The average molecular weight is 373 g/mol. The third-order valence-electron chi connectivity index (χ3n) is 4.63. The van der Waals surface area contributed by atoms with E-state index in [1.54, 1.807) is 35.5 Å². The van der Waals surface area contributed by atoms with Crippen molar-refractivity contribution >= 4 is 5.91 Å². The lowest BCUT2D eigenvalue weighted by molar-refractivity contribution is -0.121. The molecule has 0 saturated carbocycles. The highest BCUT2D eigenvalue weighted by atomic mass is 16.5. The van der Waals surface area contributed by atoms with E-state index < -0.39 is 0 Å². The Balaban J connectivity index is 2.17. The Morgan fingerprint density at radius 1 is 0.778 bits per heavy atom. The van der Waals surface area contributed by atoms with Gasteiger partial charge >= 0.3 is 0 Å². The van der Waals surface area contributed by atoms with Crippen molar-refractivity contribution < 1.29 is 28.5 Å². The van der Waals surface area contributed by atoms with Crippen LogP contribution in [0.1, 0.15) is 22.7 Å². The fourth-order valence-electron chi connectivity index (χ4n) is 3.35. The quantitative estimate of drug-likeness (QED) is 0.839. The molecule has 1 aliphatic heterocycles. The SMILES string of the molecule is COc1cc2c(cc1OC)[C@H](c1cc(OC)c(OC)c(OC)c1)NC(=O)C2. The lowest BCUT2D eigenvalue weighted by atomic mass is 9.88. The molecule has 3 rings (SSSR count). The summed E-state index contributed by atoms with van der Waals surface area (Å²) in [6.07, 6.45) is 0.274. The molecule has 27 heavy (non-hydrogen) atoms. The van der Waals surface area contributed by atoms with Crippen LogP contribution in [0.3, 0.4) is 0 Å². The maximum Gasteiger partial charge on any atom is 0.225 e. The molecule has 2 aromatic rings. The molecule has 2 aromatic carbocycles. The molecule has 1 aliphatic rings. The van der Waals surface area contributed by atoms with Crippen LogP contribution in [-0.4, -0.2) is 41.5 Å². The van der Waals surface area contributed by atoms with Gasteiger partial charge in [-0.25, -0.2) is 0 Å². The van der Waals surface area contributed by atoms with Crippen LogP contribution in [0.5, 0.6) is 28.7 Å². The van der Waals surface area contributed by atoms with Crippen molar-refractivity contribution in [3.63, 3.8) is 0 Å². The van der Waals surface area contributed by atoms with Crippen LogP contribution < -0.4 is 29.0 Å². The van der Waals surface area contributed by atoms with Gasteiger partial charge in [0.2, 0.25) is 11.7 Å². The number of ether oxygens (including phenoxy) is 5. The zero-order valence-corrected chi connectivity index (χ0v) is 16.0. The minimum Gasteiger partial charge on any atom is -0.493 e. The molecule has 7 heteroatoms. The number of carbonyl (C=O) groups is 1. The maximum absolute atomic E-state index is 12.3. The number of methoxy groups -OCH3 is 5. The monoisotopic (exact) mass is 373 g/mol. The molecule has 1 N–H and O–H groups in total. The number of hydrogen-bond donors (Lipinski definition) is 1. The number of amides is 1. The van der Waals surface area contributed by atoms with Crippen molar-refractivity contribution in [3.05, 3.63) is 41.0 Å². The molecule has 0 unspecified atom stereocenters. The van der Waals surface area contributed by atoms with Crippen LogP contribution in [0.2, 0.25) is 0 Å². The standard InChI is InChI=1S/C20H23NO6/c1-23-14-6-11-9-18(22)21-19(13(11)10-15(14)24-2)12-7-16(25-3)20(27-5)17(8-12)26-4/h6-8,10,19H,9H2,1-5H3,(H,21,22)/t19-/m0/s1. The summed E-state index contributed by atoms with van der Waals surface area (Å²) in [5.74, 6) is 2.66. The second-order valence-corrected chi connectivity index (χ2v) is 6.04. The Kier molecular flexibility index (Phi) is 5.30. The van der Waals surface area contributed by atoms with Gasteiger partial charge in [-0.2, -0.15) is 0 Å². The third kappa shape index (κ3) is 3.32. The van der Waals surface area contributed by atoms with Crippen LogP contribution >= 0.6 is 0 Å². The molecule has 0 fully saturated rings. The van der Waals surface area contributed by atoms with Gasteiger partial charge in [0.25, 0.3) is 0 Å². The van der Waals surface area contributed by atoms with Crippen LogP contribution in [0, 0.1) is 0 Å². The topological polar surface area (TPSA) is 75.2 Å². The summed E-state index contributed by atoms with van der Waals surface area (Å²) in [5.41, 5.74) is 2.63. The summed E-state index contributed by atoms with van der Waals surface area (Å²) in [4.78, 5) is 12.3. The predicted molar refractivity (Wildman–Crippen MR) is 99.3 cm³/mol. The summed E-state index contributed by atoms with van der Waals surface area (Å²) in [6, 6.07) is 7.02. The maximum atomic E-state index is 12.3. The summed E-state index contributed by atoms with van der Waals surface area (Å²) in [7, 11) is 7.82. The van der Waals surface area contributed by atoms with E-state index in [0.29, 0.717) is 28.7 Å². The zero-order chi connectivity index (χ0) is 19.6. The lowest BCUT2D eigenvalue weighted by Gasteiger charge is -2.29. The van der Waals surface area contributed by atoms with E-state index >= 15 is 0 Å². The molecule has 1 heterocycles. The molecule has 0 bridgehead atoms. The van der Waals surface area contributed by atoms with E-state index in [1.165, 1.54) is 0 Å². The van der Waals surface area contributed by atoms with E-state index in [-0.39, 0.29) is 18.4 Å². The highest BCUT2D eigenvalue weighted by molar-refractivity contribution is 5.83. The molecule has 0 aliphatic carbocycles. The summed E-state index contributed by atoms with van der Waals surface area (Å²) < 4.78 is 27.1. The molecule has 0 aromatic heterocycles. The number of fused-ring (bicyclic) bond motifs is 1. The van der Waals surface area contributed by atoms with Gasteiger partial charge in [-0.15, -0.1) is 0 Å². The predicted octanol–water partition coefficient (Wildman–Crippen LogP) is 2.49. The van der Waals surface area contributed by atoms with Gasteiger partial charge in [0.15, 0.2) is 23.0 Å². The van der Waals surface area contributed by atoms with Gasteiger partial charge in [0, 0.05) is 0 Å². The molecule has 0 spiro atoms. The molecular formula is C20H23NO6. The fourth-order valence-corrected chi connectivity index (χ4v) is 3.35. The molecule has 1 amide bonds. The Hall–Kier alpha value is -3.09. The van der Waals surface area contributed by atoms with E-state index in [2.05, 4.69) is 5.32 Å². The van der Waals surface area contributed by atoms with Crippen molar-refractivity contribution in [2.45, 2.75) is 12.5 Å². The summed E-state index contributed by atoms with van der Waals surface area (Å²) in [5, 5.41) is 3.03. The van der Waals surface area contributed by atoms with Gasteiger partial charge in [0.1, 0.15) is 0 Å². The largest absolute Gasteiger partial charge is 0.493 e. The first-order chi connectivity index (χ1) is 13.1. The van der Waals surface area contributed by atoms with Crippen LogP contribution in [-0.2, 0) is 11.2 Å². The average Bonchev–Trinajstić information content (AvgIpc) is 2.70. The van der Waals surface area contributed by atoms with Gasteiger partial charge in [-0.3, -0.25) is 4.79 Å². The van der Waals surface area contributed by atoms with Crippen molar-refractivity contribution in [2.24, 2.45) is 0 Å². The summed E-state index contributed by atoms with van der Waals surface area (Å²) >= 11 is 0. The minimum atomic E-state index is -0.380. The van der Waals surface area contributed by atoms with Gasteiger partial charge in [0.05, 0.1) is 48.0 Å². The molecule has 0 radical (unpaired) electrons. The third-order valence-corrected chi connectivity index (χ3v) is 4.63. The smallest absolute Gasteiger partial charge is 0.225 e. The highest BCUT2D eigenvalue weighted by Crippen LogP contribution is 2.43. The Morgan fingerprint density at radius 2 is 1.33 bits per heavy atom. The number of rotatable bonds is 6. The molecule has 7 nitrogen and oxygen atoms in total. The van der Waals surface area contributed by atoms with Crippen molar-refractivity contribution in [1.29, 1.82) is 0 Å². The first-order valence-electron chi connectivity index (χ1n) is 8.40. The second-order valence-electron chi connectivity index (χ2n) is 6.04.